The van der Waals surface area contributed by atoms with E-state index >= 15 is 0 Å². The maximum atomic E-state index is 12.1. The Kier molecular flexibility index (Phi) is 7.59. The first-order valence-electron chi connectivity index (χ1n) is 9.65. The molecule has 0 radical (unpaired) electrons. The minimum atomic E-state index is -0.832. The molecule has 0 bridgehead atoms. The summed E-state index contributed by atoms with van der Waals surface area (Å²) in [6.07, 6.45) is 0.931. The summed E-state index contributed by atoms with van der Waals surface area (Å²) >= 11 is 0. The van der Waals surface area contributed by atoms with Crippen molar-refractivity contribution in [3.05, 3.63) is 23.8 Å². The van der Waals surface area contributed by atoms with Crippen molar-refractivity contribution in [2.24, 2.45) is 11.8 Å². The number of esters is 4. The van der Waals surface area contributed by atoms with Gasteiger partial charge in [0.15, 0.2) is 0 Å². The summed E-state index contributed by atoms with van der Waals surface area (Å²) < 4.78 is 21.5. The highest BCUT2D eigenvalue weighted by Crippen LogP contribution is 2.37. The molecule has 0 aromatic rings. The van der Waals surface area contributed by atoms with E-state index in [0.29, 0.717) is 24.0 Å². The van der Waals surface area contributed by atoms with Gasteiger partial charge >= 0.3 is 23.9 Å². The van der Waals surface area contributed by atoms with E-state index in [2.05, 4.69) is 6.58 Å². The standard InChI is InChI=1S/C21H28O8/c1-11-6-7-17-12(2)21(25)29-20(17)8-16(10-26-13(3)22)19(28-15(5)24)9-18(11)27-14(4)23/h8,12,17-20H,1,6-7,9-10H2,2-5H3/b16-8-/t12-,17+,18-,19+,20+/m1/s1. The maximum absolute atomic E-state index is 12.1. The smallest absolute Gasteiger partial charge is 0.309 e. The van der Waals surface area contributed by atoms with Crippen LogP contribution in [0.1, 0.15) is 47.0 Å². The van der Waals surface area contributed by atoms with Gasteiger partial charge in [-0.3, -0.25) is 19.2 Å². The summed E-state index contributed by atoms with van der Waals surface area (Å²) in [7, 11) is 0. The van der Waals surface area contributed by atoms with E-state index in [9.17, 15) is 19.2 Å². The molecule has 1 aliphatic heterocycles. The van der Waals surface area contributed by atoms with Crippen LogP contribution >= 0.6 is 0 Å². The number of hydrogen-bond acceptors (Lipinski definition) is 8. The molecule has 2 rings (SSSR count). The van der Waals surface area contributed by atoms with Gasteiger partial charge in [-0.05, 0) is 24.5 Å². The molecule has 0 aromatic carbocycles. The number of carbonyl (C=O) groups is 4. The van der Waals surface area contributed by atoms with Gasteiger partial charge in [0.1, 0.15) is 24.9 Å². The molecule has 0 spiro atoms. The highest BCUT2D eigenvalue weighted by atomic mass is 16.6. The fourth-order valence-corrected chi connectivity index (χ4v) is 3.69. The number of rotatable bonds is 4. The first-order valence-corrected chi connectivity index (χ1v) is 9.65. The Morgan fingerprint density at radius 3 is 2.31 bits per heavy atom. The van der Waals surface area contributed by atoms with Gasteiger partial charge in [0.25, 0.3) is 0 Å². The van der Waals surface area contributed by atoms with E-state index in [1.165, 1.54) is 20.8 Å². The minimum Gasteiger partial charge on any atom is -0.461 e. The normalized spacial score (nSPS) is 31.6. The van der Waals surface area contributed by atoms with Gasteiger partial charge in [0.2, 0.25) is 0 Å². The van der Waals surface area contributed by atoms with E-state index in [-0.39, 0.29) is 30.8 Å². The van der Waals surface area contributed by atoms with E-state index in [1.54, 1.807) is 13.0 Å². The Hall–Kier alpha value is -2.64. The van der Waals surface area contributed by atoms with E-state index in [1.807, 2.05) is 0 Å². The third kappa shape index (κ3) is 6.17. The van der Waals surface area contributed by atoms with Crippen LogP contribution in [0.25, 0.3) is 0 Å². The van der Waals surface area contributed by atoms with Gasteiger partial charge in [-0.2, -0.15) is 0 Å². The topological polar surface area (TPSA) is 105 Å². The average Bonchev–Trinajstić information content (AvgIpc) is 2.87. The molecule has 2 aliphatic rings. The van der Waals surface area contributed by atoms with E-state index in [0.717, 1.165) is 0 Å². The maximum Gasteiger partial charge on any atom is 0.309 e. The van der Waals surface area contributed by atoms with E-state index < -0.39 is 36.2 Å². The van der Waals surface area contributed by atoms with Crippen molar-refractivity contribution in [3.63, 3.8) is 0 Å². The van der Waals surface area contributed by atoms with Crippen LogP contribution < -0.4 is 0 Å². The van der Waals surface area contributed by atoms with Crippen molar-refractivity contribution in [1.29, 1.82) is 0 Å². The number of hydrogen-bond donors (Lipinski definition) is 0. The number of carbonyl (C=O) groups excluding carboxylic acids is 4. The van der Waals surface area contributed by atoms with Gasteiger partial charge in [0, 0.05) is 38.7 Å². The number of fused-ring (bicyclic) bond motifs is 1. The molecule has 1 heterocycles. The molecule has 0 aromatic heterocycles. The average molecular weight is 408 g/mol. The molecule has 5 atom stereocenters. The molecule has 0 amide bonds. The quantitative estimate of drug-likeness (QED) is 0.396. The third-order valence-electron chi connectivity index (χ3n) is 5.22. The molecular formula is C21H28O8. The summed E-state index contributed by atoms with van der Waals surface area (Å²) in [5.41, 5.74) is 1.13. The second-order valence-electron chi connectivity index (χ2n) is 7.50. The third-order valence-corrected chi connectivity index (χ3v) is 5.22. The summed E-state index contributed by atoms with van der Waals surface area (Å²) in [4.78, 5) is 46.8. The van der Waals surface area contributed by atoms with Crippen LogP contribution in [-0.4, -0.2) is 48.8 Å². The molecule has 8 heteroatoms. The van der Waals surface area contributed by atoms with Gasteiger partial charge < -0.3 is 18.9 Å². The predicted octanol–water partition coefficient (Wildman–Crippen LogP) is 2.26. The van der Waals surface area contributed by atoms with Crippen LogP contribution in [0.5, 0.6) is 0 Å². The molecule has 0 saturated carbocycles. The lowest BCUT2D eigenvalue weighted by atomic mass is 9.83. The zero-order valence-electron chi connectivity index (χ0n) is 17.3. The molecule has 0 unspecified atom stereocenters. The first kappa shape index (κ1) is 22.6. The van der Waals surface area contributed by atoms with Crippen LogP contribution in [0.2, 0.25) is 0 Å². The highest BCUT2D eigenvalue weighted by Gasteiger charge is 2.42. The molecular weight excluding hydrogens is 380 g/mol. The Morgan fingerprint density at radius 1 is 1.10 bits per heavy atom. The Bertz CT molecular complexity index is 722. The lowest BCUT2D eigenvalue weighted by molar-refractivity contribution is -0.150. The molecule has 0 N–H and O–H groups in total. The van der Waals surface area contributed by atoms with Crippen molar-refractivity contribution < 1.29 is 38.1 Å². The van der Waals surface area contributed by atoms with Crippen molar-refractivity contribution in [1.82, 2.24) is 0 Å². The SMILES string of the molecule is C=C1CC[C@@H]2[C@H](/C=C(/COC(C)=O)[C@@H](OC(C)=O)C[C@H]1OC(C)=O)OC(=O)[C@@H]2C. The molecule has 1 fully saturated rings. The van der Waals surface area contributed by atoms with Crippen molar-refractivity contribution in [3.8, 4) is 0 Å². The van der Waals surface area contributed by atoms with Crippen molar-refractivity contribution >= 4 is 23.9 Å². The van der Waals surface area contributed by atoms with Crippen LogP contribution in [-0.2, 0) is 38.1 Å². The zero-order chi connectivity index (χ0) is 21.7. The number of ether oxygens (including phenoxy) is 4. The van der Waals surface area contributed by atoms with Crippen LogP contribution in [0, 0.1) is 11.8 Å². The first-order chi connectivity index (χ1) is 13.6. The Labute approximate surface area is 170 Å². The summed E-state index contributed by atoms with van der Waals surface area (Å²) in [5.74, 6) is -2.28. The summed E-state index contributed by atoms with van der Waals surface area (Å²) in [5, 5.41) is 0. The highest BCUT2D eigenvalue weighted by molar-refractivity contribution is 5.75. The Morgan fingerprint density at radius 2 is 1.72 bits per heavy atom. The molecule has 8 nitrogen and oxygen atoms in total. The van der Waals surface area contributed by atoms with Crippen LogP contribution in [0.4, 0.5) is 0 Å². The lowest BCUT2D eigenvalue weighted by Gasteiger charge is -2.29. The van der Waals surface area contributed by atoms with Gasteiger partial charge in [0.05, 0.1) is 5.92 Å². The second-order valence-corrected chi connectivity index (χ2v) is 7.50. The minimum absolute atomic E-state index is 0.124. The van der Waals surface area contributed by atoms with Crippen molar-refractivity contribution in [2.75, 3.05) is 6.61 Å². The Balaban J connectivity index is 2.46. The van der Waals surface area contributed by atoms with Gasteiger partial charge in [-0.15, -0.1) is 0 Å². The van der Waals surface area contributed by atoms with Gasteiger partial charge in [-0.25, -0.2) is 0 Å². The molecule has 29 heavy (non-hydrogen) atoms. The van der Waals surface area contributed by atoms with Crippen LogP contribution in [0.3, 0.4) is 0 Å². The van der Waals surface area contributed by atoms with Gasteiger partial charge in [-0.1, -0.05) is 13.5 Å². The largest absolute Gasteiger partial charge is 0.461 e. The monoisotopic (exact) mass is 408 g/mol. The molecule has 160 valence electrons. The zero-order valence-corrected chi connectivity index (χ0v) is 17.3. The van der Waals surface area contributed by atoms with E-state index in [4.69, 9.17) is 18.9 Å². The van der Waals surface area contributed by atoms with Crippen LogP contribution in [0.15, 0.2) is 23.8 Å². The fraction of sp³-hybridized carbons (Fsp3) is 0.619. The predicted molar refractivity (Wildman–Crippen MR) is 101 cm³/mol. The summed E-state index contributed by atoms with van der Waals surface area (Å²) in [6.45, 7) is 9.54. The summed E-state index contributed by atoms with van der Waals surface area (Å²) in [6, 6.07) is 0. The molecule has 1 saturated heterocycles. The fourth-order valence-electron chi connectivity index (χ4n) is 3.69. The lowest BCUT2D eigenvalue weighted by Crippen LogP contribution is -2.33. The van der Waals surface area contributed by atoms with Crippen molar-refractivity contribution in [2.45, 2.75) is 65.3 Å². The molecule has 1 aliphatic carbocycles. The second kappa shape index (κ2) is 9.71.